The third-order valence-corrected chi connectivity index (χ3v) is 5.54. The number of ether oxygens (including phenoxy) is 1. The summed E-state index contributed by atoms with van der Waals surface area (Å²) in [6.45, 7) is 5.65. The Labute approximate surface area is 157 Å². The van der Waals surface area contributed by atoms with Gasteiger partial charge in [0, 0.05) is 30.8 Å². The molecule has 9 nitrogen and oxygen atoms in total. The summed E-state index contributed by atoms with van der Waals surface area (Å²) >= 11 is 0. The number of nitrogen functional groups attached to an aromatic ring is 1. The van der Waals surface area contributed by atoms with Crippen molar-refractivity contribution in [2.45, 2.75) is 39.3 Å². The first kappa shape index (κ1) is 17.6. The van der Waals surface area contributed by atoms with Gasteiger partial charge in [0.25, 0.3) is 0 Å². The van der Waals surface area contributed by atoms with Crippen LogP contribution in [-0.2, 0) is 11.3 Å². The highest BCUT2D eigenvalue weighted by Crippen LogP contribution is 2.33. The Hall–Kier alpha value is -2.84. The first-order valence-electron chi connectivity index (χ1n) is 9.12. The Kier molecular flexibility index (Phi) is 4.37. The normalized spacial score (nSPS) is 22.3. The van der Waals surface area contributed by atoms with Gasteiger partial charge in [0.1, 0.15) is 11.6 Å². The Morgan fingerprint density at radius 1 is 1.30 bits per heavy atom. The molecule has 2 bridgehead atoms. The van der Waals surface area contributed by atoms with Crippen LogP contribution in [-0.4, -0.2) is 52.2 Å². The molecule has 3 saturated heterocycles. The number of aromatic nitrogens is 3. The number of nitrogens with two attached hydrogens (primary N) is 1. The summed E-state index contributed by atoms with van der Waals surface area (Å²) in [4.78, 5) is 25.6. The van der Waals surface area contributed by atoms with Crippen LogP contribution in [0.25, 0.3) is 0 Å². The van der Waals surface area contributed by atoms with Crippen molar-refractivity contribution in [1.82, 2.24) is 20.0 Å². The van der Waals surface area contributed by atoms with Gasteiger partial charge in [-0.15, -0.1) is 0 Å². The van der Waals surface area contributed by atoms with Crippen molar-refractivity contribution in [2.24, 2.45) is 5.92 Å². The van der Waals surface area contributed by atoms with E-state index in [9.17, 15) is 4.79 Å². The van der Waals surface area contributed by atoms with Crippen LogP contribution in [0.5, 0.6) is 5.88 Å². The van der Waals surface area contributed by atoms with Crippen LogP contribution in [0.3, 0.4) is 0 Å². The van der Waals surface area contributed by atoms with E-state index in [0.29, 0.717) is 31.3 Å². The lowest BCUT2D eigenvalue weighted by molar-refractivity contribution is -0.140. The van der Waals surface area contributed by atoms with Crippen LogP contribution in [0.15, 0.2) is 10.6 Å². The quantitative estimate of drug-likeness (QED) is 0.855. The van der Waals surface area contributed by atoms with Gasteiger partial charge in [-0.3, -0.25) is 4.79 Å². The van der Waals surface area contributed by atoms with E-state index in [-0.39, 0.29) is 23.8 Å². The molecule has 3 aliphatic rings. The largest absolute Gasteiger partial charge is 0.481 e. The number of fused-ring (bicyclic) bond motifs is 4. The van der Waals surface area contributed by atoms with Crippen LogP contribution in [0.2, 0.25) is 0 Å². The van der Waals surface area contributed by atoms with E-state index in [1.807, 2.05) is 18.7 Å². The van der Waals surface area contributed by atoms with Gasteiger partial charge in [-0.1, -0.05) is 5.16 Å². The van der Waals surface area contributed by atoms with Gasteiger partial charge in [-0.05, 0) is 26.7 Å². The molecule has 2 atom stereocenters. The Morgan fingerprint density at radius 3 is 2.81 bits per heavy atom. The lowest BCUT2D eigenvalue weighted by Gasteiger charge is -2.35. The maximum atomic E-state index is 13.1. The molecule has 3 aliphatic heterocycles. The number of aryl methyl sites for hydroxylation is 2. The average Bonchev–Trinajstić information content (AvgIpc) is 2.82. The van der Waals surface area contributed by atoms with Crippen molar-refractivity contribution in [2.75, 3.05) is 30.8 Å². The average molecular weight is 372 g/mol. The van der Waals surface area contributed by atoms with Gasteiger partial charge < -0.3 is 24.8 Å². The number of hydrogen-bond acceptors (Lipinski definition) is 8. The topological polar surface area (TPSA) is 111 Å². The molecule has 9 heteroatoms. The molecule has 0 unspecified atom stereocenters. The van der Waals surface area contributed by atoms with Crippen LogP contribution in [0.4, 0.5) is 11.8 Å². The molecule has 3 fully saturated rings. The number of carbonyl (C=O) groups is 1. The molecule has 27 heavy (non-hydrogen) atoms. The number of nitrogens with zero attached hydrogens (tertiary/aromatic N) is 5. The third kappa shape index (κ3) is 3.17. The molecule has 2 aromatic heterocycles. The molecule has 144 valence electrons. The zero-order valence-electron chi connectivity index (χ0n) is 15.8. The summed E-state index contributed by atoms with van der Waals surface area (Å²) in [5, 5.41) is 4.02. The first-order valence-corrected chi connectivity index (χ1v) is 9.12. The second-order valence-corrected chi connectivity index (χ2v) is 7.23. The number of rotatable bonds is 4. The van der Waals surface area contributed by atoms with Crippen molar-refractivity contribution >= 4 is 17.7 Å². The molecule has 2 N–H and O–H groups in total. The lowest BCUT2D eigenvalue weighted by Crippen LogP contribution is -2.47. The van der Waals surface area contributed by atoms with Crippen molar-refractivity contribution in [3.05, 3.63) is 23.1 Å². The van der Waals surface area contributed by atoms with E-state index in [1.165, 1.54) is 0 Å². The van der Waals surface area contributed by atoms with Gasteiger partial charge in [0.15, 0.2) is 0 Å². The molecule has 0 spiro atoms. The molecule has 5 heterocycles. The van der Waals surface area contributed by atoms with Crippen molar-refractivity contribution in [1.29, 1.82) is 0 Å². The molecule has 0 radical (unpaired) electrons. The van der Waals surface area contributed by atoms with E-state index >= 15 is 0 Å². The maximum absolute atomic E-state index is 13.1. The van der Waals surface area contributed by atoms with Crippen LogP contribution >= 0.6 is 0 Å². The summed E-state index contributed by atoms with van der Waals surface area (Å²) in [7, 11) is 1.55. The fourth-order valence-corrected chi connectivity index (χ4v) is 4.03. The molecule has 1 amide bonds. The number of piperidine rings is 1. The zero-order chi connectivity index (χ0) is 19.1. The van der Waals surface area contributed by atoms with Gasteiger partial charge in [-0.2, -0.15) is 9.97 Å². The van der Waals surface area contributed by atoms with Crippen molar-refractivity contribution in [3.63, 3.8) is 0 Å². The summed E-state index contributed by atoms with van der Waals surface area (Å²) in [5.41, 5.74) is 7.65. The summed E-state index contributed by atoms with van der Waals surface area (Å²) in [6, 6.07) is 1.87. The number of amides is 1. The minimum absolute atomic E-state index is 0.0635. The predicted molar refractivity (Wildman–Crippen MR) is 98.2 cm³/mol. The smallest absolute Gasteiger partial charge is 0.228 e. The molecular weight excluding hydrogens is 348 g/mol. The number of carbonyl (C=O) groups excluding carboxylic acids is 1. The minimum Gasteiger partial charge on any atom is -0.481 e. The van der Waals surface area contributed by atoms with Gasteiger partial charge >= 0.3 is 0 Å². The van der Waals surface area contributed by atoms with E-state index in [1.54, 1.807) is 13.2 Å². The summed E-state index contributed by atoms with van der Waals surface area (Å²) in [5.74, 6) is 2.18. The maximum Gasteiger partial charge on any atom is 0.228 e. The summed E-state index contributed by atoms with van der Waals surface area (Å²) in [6.07, 6.45) is 1.85. The van der Waals surface area contributed by atoms with Gasteiger partial charge in [0.2, 0.25) is 17.7 Å². The molecule has 2 aromatic rings. The fraction of sp³-hybridized carbons (Fsp3) is 0.556. The number of hydrogen-bond donors (Lipinski definition) is 1. The molecule has 0 saturated carbocycles. The van der Waals surface area contributed by atoms with Gasteiger partial charge in [-0.25, -0.2) is 0 Å². The van der Waals surface area contributed by atoms with E-state index < -0.39 is 0 Å². The van der Waals surface area contributed by atoms with Gasteiger partial charge in [0.05, 0.1) is 25.3 Å². The molecule has 0 aromatic carbocycles. The Balaban J connectivity index is 1.62. The number of methoxy groups -OCH3 is 1. The fourth-order valence-electron chi connectivity index (χ4n) is 4.03. The lowest BCUT2D eigenvalue weighted by atomic mass is 9.93. The van der Waals surface area contributed by atoms with E-state index in [0.717, 1.165) is 29.9 Å². The van der Waals surface area contributed by atoms with Crippen molar-refractivity contribution in [3.8, 4) is 5.88 Å². The Bertz CT molecular complexity index is 847. The number of anilines is 2. The monoisotopic (exact) mass is 372 g/mol. The van der Waals surface area contributed by atoms with E-state index in [2.05, 4.69) is 20.0 Å². The second kappa shape index (κ2) is 6.71. The zero-order valence-corrected chi connectivity index (χ0v) is 15.8. The first-order chi connectivity index (χ1) is 13.0. The minimum atomic E-state index is -0.0635. The Morgan fingerprint density at radius 2 is 2.11 bits per heavy atom. The molecule has 5 rings (SSSR count). The summed E-state index contributed by atoms with van der Waals surface area (Å²) < 4.78 is 10.5. The van der Waals surface area contributed by atoms with Crippen LogP contribution in [0.1, 0.15) is 29.9 Å². The van der Waals surface area contributed by atoms with Crippen LogP contribution in [0, 0.1) is 19.8 Å². The highest BCUT2D eigenvalue weighted by atomic mass is 16.5. The highest BCUT2D eigenvalue weighted by molar-refractivity contribution is 5.81. The van der Waals surface area contributed by atoms with Crippen LogP contribution < -0.4 is 15.4 Å². The molecular formula is C18H24N6O3. The third-order valence-electron chi connectivity index (χ3n) is 5.54. The highest BCUT2D eigenvalue weighted by Gasteiger charge is 2.41. The SMILES string of the molecule is COc1cc(N2C[C@H]3CC[C@@H](C2)N(Cc2c(C)noc2C)C3=O)nc(N)n1. The van der Waals surface area contributed by atoms with E-state index in [4.69, 9.17) is 15.0 Å². The predicted octanol–water partition coefficient (Wildman–Crippen LogP) is 1.30. The van der Waals surface area contributed by atoms with Crippen molar-refractivity contribution < 1.29 is 14.1 Å². The standard InChI is InChI=1S/C18H24N6O3/c1-10-14(11(2)27-22-10)9-24-13-5-4-12(17(24)25)7-23(8-13)15-6-16(26-3)21-18(19)20-15/h6,12-13H,4-5,7-9H2,1-3H3,(H2,19,20,21)/t12-,13+/m1/s1. The second-order valence-electron chi connectivity index (χ2n) is 7.23. The molecule has 0 aliphatic carbocycles.